The van der Waals surface area contributed by atoms with Gasteiger partial charge in [0.05, 0.1) is 11.5 Å². The highest BCUT2D eigenvalue weighted by molar-refractivity contribution is 7.99. The summed E-state index contributed by atoms with van der Waals surface area (Å²) in [6.45, 7) is 2.03. The van der Waals surface area contributed by atoms with E-state index in [1.54, 1.807) is 6.92 Å². The van der Waals surface area contributed by atoms with E-state index in [4.69, 9.17) is 9.47 Å². The van der Waals surface area contributed by atoms with Crippen molar-refractivity contribution in [1.29, 1.82) is 0 Å². The van der Waals surface area contributed by atoms with Crippen molar-refractivity contribution in [2.45, 2.75) is 22.8 Å². The van der Waals surface area contributed by atoms with Gasteiger partial charge in [-0.25, -0.2) is 9.18 Å². The van der Waals surface area contributed by atoms with Gasteiger partial charge in [-0.05, 0) is 31.2 Å². The number of fused-ring (bicyclic) bond motifs is 2. The Morgan fingerprint density at radius 2 is 2.10 bits per heavy atom. The van der Waals surface area contributed by atoms with Gasteiger partial charge >= 0.3 is 5.97 Å². The smallest absolute Gasteiger partial charge is 0.352 e. The molecule has 3 rings (SSSR count). The minimum Gasteiger partial charge on any atom is -0.473 e. The number of halogens is 1. The van der Waals surface area contributed by atoms with Crippen molar-refractivity contribution in [3.8, 4) is 5.75 Å². The van der Waals surface area contributed by atoms with Crippen LogP contribution in [0.5, 0.6) is 5.75 Å². The summed E-state index contributed by atoms with van der Waals surface area (Å²) in [6, 6.07) is 11.7. The molecule has 0 amide bonds. The Morgan fingerprint density at radius 1 is 1.29 bits per heavy atom. The number of rotatable bonds is 2. The summed E-state index contributed by atoms with van der Waals surface area (Å²) in [5, 5.41) is 0. The monoisotopic (exact) mass is 304 g/mol. The van der Waals surface area contributed by atoms with Crippen LogP contribution in [-0.2, 0) is 9.53 Å². The predicted octanol–water partition coefficient (Wildman–Crippen LogP) is 3.97. The van der Waals surface area contributed by atoms with E-state index in [1.807, 2.05) is 24.3 Å². The fourth-order valence-corrected chi connectivity index (χ4v) is 3.22. The van der Waals surface area contributed by atoms with Gasteiger partial charge in [0.1, 0.15) is 11.6 Å². The zero-order valence-corrected chi connectivity index (χ0v) is 12.2. The molecule has 1 unspecified atom stereocenters. The summed E-state index contributed by atoms with van der Waals surface area (Å²) in [5.74, 6) is -0.296. The van der Waals surface area contributed by atoms with Crippen LogP contribution >= 0.6 is 11.8 Å². The Hall–Kier alpha value is -2.01. The van der Waals surface area contributed by atoms with E-state index in [-0.39, 0.29) is 12.4 Å². The fourth-order valence-electron chi connectivity index (χ4n) is 2.15. The van der Waals surface area contributed by atoms with Crippen LogP contribution in [-0.4, -0.2) is 12.6 Å². The third kappa shape index (κ3) is 2.74. The second kappa shape index (κ2) is 5.77. The molecule has 0 fully saturated rings. The molecule has 0 radical (unpaired) electrons. The van der Waals surface area contributed by atoms with Crippen molar-refractivity contribution in [3.05, 3.63) is 53.8 Å². The molecule has 1 atom stereocenters. The summed E-state index contributed by atoms with van der Waals surface area (Å²) >= 11 is 1.38. The number of esters is 1. The Morgan fingerprint density at radius 3 is 2.90 bits per heavy atom. The first-order valence-corrected chi connectivity index (χ1v) is 7.40. The number of benzene rings is 2. The highest BCUT2D eigenvalue weighted by Gasteiger charge is 2.30. The standard InChI is InChI=1S/C16H13FO3S/c1-2-19-16(18)15-11-5-3-4-6-13(11)21-14-9-10(17)7-8-12(14)20-15/h3-9,15H,2H2,1H3. The summed E-state index contributed by atoms with van der Waals surface area (Å²) in [7, 11) is 0. The molecule has 5 heteroatoms. The molecule has 0 saturated carbocycles. The van der Waals surface area contributed by atoms with Gasteiger partial charge in [-0.15, -0.1) is 0 Å². The molecule has 0 N–H and O–H groups in total. The van der Waals surface area contributed by atoms with Crippen LogP contribution in [0.1, 0.15) is 18.6 Å². The molecule has 1 aliphatic rings. The van der Waals surface area contributed by atoms with Crippen LogP contribution in [0.25, 0.3) is 0 Å². The first kappa shape index (κ1) is 13.9. The van der Waals surface area contributed by atoms with Gasteiger partial charge in [0.2, 0.25) is 6.10 Å². The molecule has 108 valence electrons. The van der Waals surface area contributed by atoms with Gasteiger partial charge in [-0.3, -0.25) is 0 Å². The Kier molecular flexibility index (Phi) is 3.84. The van der Waals surface area contributed by atoms with E-state index in [1.165, 1.54) is 30.0 Å². The highest BCUT2D eigenvalue weighted by atomic mass is 32.2. The quantitative estimate of drug-likeness (QED) is 0.786. The third-order valence-electron chi connectivity index (χ3n) is 3.07. The average Bonchev–Trinajstić information content (AvgIpc) is 2.63. The van der Waals surface area contributed by atoms with E-state index in [9.17, 15) is 9.18 Å². The molecule has 0 aromatic heterocycles. The van der Waals surface area contributed by atoms with Gasteiger partial charge < -0.3 is 9.47 Å². The summed E-state index contributed by atoms with van der Waals surface area (Å²) in [6.07, 6.45) is -0.833. The van der Waals surface area contributed by atoms with Gasteiger partial charge in [-0.2, -0.15) is 0 Å². The highest BCUT2D eigenvalue weighted by Crippen LogP contribution is 2.44. The van der Waals surface area contributed by atoms with E-state index < -0.39 is 12.1 Å². The van der Waals surface area contributed by atoms with E-state index >= 15 is 0 Å². The van der Waals surface area contributed by atoms with Crippen LogP contribution in [0, 0.1) is 5.82 Å². The van der Waals surface area contributed by atoms with Crippen LogP contribution < -0.4 is 4.74 Å². The molecule has 21 heavy (non-hydrogen) atoms. The topological polar surface area (TPSA) is 35.5 Å². The average molecular weight is 304 g/mol. The number of carbonyl (C=O) groups is 1. The van der Waals surface area contributed by atoms with Gasteiger partial charge in [0, 0.05) is 10.5 Å². The SMILES string of the molecule is CCOC(=O)C1Oc2ccc(F)cc2Sc2ccccc21. The Balaban J connectivity index is 2.09. The van der Waals surface area contributed by atoms with Crippen molar-refractivity contribution >= 4 is 17.7 Å². The molecule has 1 aliphatic heterocycles. The first-order valence-electron chi connectivity index (χ1n) is 6.58. The molecule has 2 aromatic rings. The van der Waals surface area contributed by atoms with Crippen molar-refractivity contribution in [3.63, 3.8) is 0 Å². The van der Waals surface area contributed by atoms with Crippen molar-refractivity contribution in [1.82, 2.24) is 0 Å². The molecule has 0 aliphatic carbocycles. The summed E-state index contributed by atoms with van der Waals surface area (Å²) in [5.41, 5.74) is 0.734. The van der Waals surface area contributed by atoms with Crippen molar-refractivity contribution in [2.75, 3.05) is 6.61 Å². The normalized spacial score (nSPS) is 16.2. The molecule has 1 heterocycles. The van der Waals surface area contributed by atoms with Gasteiger partial charge in [-0.1, -0.05) is 30.0 Å². The minimum atomic E-state index is -0.833. The summed E-state index contributed by atoms with van der Waals surface area (Å²) < 4.78 is 24.3. The molecule has 2 aromatic carbocycles. The van der Waals surface area contributed by atoms with E-state index in [0.717, 1.165) is 10.5 Å². The van der Waals surface area contributed by atoms with E-state index in [0.29, 0.717) is 10.6 Å². The second-order valence-electron chi connectivity index (χ2n) is 4.48. The van der Waals surface area contributed by atoms with Gasteiger partial charge in [0.25, 0.3) is 0 Å². The zero-order valence-electron chi connectivity index (χ0n) is 11.3. The van der Waals surface area contributed by atoms with Crippen molar-refractivity contribution in [2.24, 2.45) is 0 Å². The first-order chi connectivity index (χ1) is 10.2. The molecule has 0 bridgehead atoms. The fraction of sp³-hybridized carbons (Fsp3) is 0.188. The molecular weight excluding hydrogens is 291 g/mol. The molecule has 0 spiro atoms. The van der Waals surface area contributed by atoms with Crippen LogP contribution in [0.3, 0.4) is 0 Å². The lowest BCUT2D eigenvalue weighted by atomic mass is 10.1. The number of hydrogen-bond acceptors (Lipinski definition) is 4. The number of ether oxygens (including phenoxy) is 2. The van der Waals surface area contributed by atoms with E-state index in [2.05, 4.69) is 0 Å². The lowest BCUT2D eigenvalue weighted by molar-refractivity contribution is -0.151. The Bertz CT molecular complexity index is 687. The second-order valence-corrected chi connectivity index (χ2v) is 5.56. The largest absolute Gasteiger partial charge is 0.473 e. The zero-order chi connectivity index (χ0) is 14.8. The lowest BCUT2D eigenvalue weighted by Crippen LogP contribution is -2.21. The van der Waals surface area contributed by atoms with Gasteiger partial charge in [0.15, 0.2) is 0 Å². The summed E-state index contributed by atoms with van der Waals surface area (Å²) in [4.78, 5) is 13.7. The number of carbonyl (C=O) groups excluding carboxylic acids is 1. The number of hydrogen-bond donors (Lipinski definition) is 0. The van der Waals surface area contributed by atoms with Crippen LogP contribution in [0.15, 0.2) is 52.3 Å². The maximum Gasteiger partial charge on any atom is 0.352 e. The lowest BCUT2D eigenvalue weighted by Gasteiger charge is -2.17. The maximum absolute atomic E-state index is 13.4. The third-order valence-corrected chi connectivity index (χ3v) is 4.20. The Labute approximate surface area is 126 Å². The predicted molar refractivity (Wildman–Crippen MR) is 77.0 cm³/mol. The van der Waals surface area contributed by atoms with Crippen LogP contribution in [0.4, 0.5) is 4.39 Å². The van der Waals surface area contributed by atoms with Crippen LogP contribution in [0.2, 0.25) is 0 Å². The molecule has 0 saturated heterocycles. The van der Waals surface area contributed by atoms with Crippen molar-refractivity contribution < 1.29 is 18.7 Å². The minimum absolute atomic E-state index is 0.282. The maximum atomic E-state index is 13.4. The molecular formula is C16H13FO3S. The molecule has 3 nitrogen and oxygen atoms in total.